The van der Waals surface area contributed by atoms with Gasteiger partial charge in [-0.25, -0.2) is 8.42 Å². The van der Waals surface area contributed by atoms with E-state index in [9.17, 15) is 13.2 Å². The number of benzene rings is 2. The van der Waals surface area contributed by atoms with Crippen LogP contribution in [0.5, 0.6) is 5.75 Å². The molecule has 0 saturated heterocycles. The molecule has 0 unspecified atom stereocenters. The maximum atomic E-state index is 13.0. The minimum atomic E-state index is -3.84. The van der Waals surface area contributed by atoms with Gasteiger partial charge in [-0.05, 0) is 87.3 Å². The van der Waals surface area contributed by atoms with Crippen molar-refractivity contribution in [3.63, 3.8) is 0 Å². The smallest absolute Gasteiger partial charge is 0.261 e. The molecule has 4 atom stereocenters. The Morgan fingerprint density at radius 1 is 1.10 bits per heavy atom. The van der Waals surface area contributed by atoms with Crippen LogP contribution < -0.4 is 14.8 Å². The van der Waals surface area contributed by atoms with E-state index in [0.717, 1.165) is 5.92 Å². The minimum Gasteiger partial charge on any atom is -0.494 e. The number of hydrogen-bond donors (Lipinski definition) is 2. The first-order chi connectivity index (χ1) is 14.9. The van der Waals surface area contributed by atoms with Crippen LogP contribution in [0.1, 0.15) is 49.9 Å². The summed E-state index contributed by atoms with van der Waals surface area (Å²) in [7, 11) is -3.84. The van der Waals surface area contributed by atoms with Gasteiger partial charge >= 0.3 is 0 Å². The number of anilines is 1. The van der Waals surface area contributed by atoms with Crippen LogP contribution in [0.3, 0.4) is 0 Å². The van der Waals surface area contributed by atoms with Crippen molar-refractivity contribution in [2.24, 2.45) is 17.8 Å². The molecular formula is C24H30N2O4S. The van der Waals surface area contributed by atoms with Crippen molar-refractivity contribution in [3.05, 3.63) is 54.1 Å². The van der Waals surface area contributed by atoms with Gasteiger partial charge in [-0.2, -0.15) is 0 Å². The molecule has 166 valence electrons. The van der Waals surface area contributed by atoms with E-state index >= 15 is 0 Å². The monoisotopic (exact) mass is 442 g/mol. The van der Waals surface area contributed by atoms with Crippen molar-refractivity contribution >= 4 is 21.6 Å². The summed E-state index contributed by atoms with van der Waals surface area (Å²) in [4.78, 5) is 13.1. The second-order valence-corrected chi connectivity index (χ2v) is 10.3. The van der Waals surface area contributed by atoms with Gasteiger partial charge in [0.05, 0.1) is 22.8 Å². The molecule has 2 aliphatic rings. The average Bonchev–Trinajstić information content (AvgIpc) is 3.38. The van der Waals surface area contributed by atoms with Gasteiger partial charge in [0.2, 0.25) is 0 Å². The highest BCUT2D eigenvalue weighted by Gasteiger charge is 2.42. The fraction of sp³-hybridized carbons (Fsp3) is 0.458. The van der Waals surface area contributed by atoms with E-state index in [2.05, 4.69) is 17.0 Å². The molecule has 2 fully saturated rings. The summed E-state index contributed by atoms with van der Waals surface area (Å²) < 4.78 is 33.7. The van der Waals surface area contributed by atoms with Crippen molar-refractivity contribution in [1.82, 2.24) is 5.32 Å². The number of hydrogen-bond acceptors (Lipinski definition) is 4. The molecule has 2 aromatic rings. The first-order valence-electron chi connectivity index (χ1n) is 11.0. The first kappa shape index (κ1) is 21.7. The molecule has 0 aliphatic heterocycles. The molecule has 2 aromatic carbocycles. The minimum absolute atomic E-state index is 0.0681. The van der Waals surface area contributed by atoms with Crippen molar-refractivity contribution < 1.29 is 17.9 Å². The molecule has 31 heavy (non-hydrogen) atoms. The Kier molecular flexibility index (Phi) is 6.23. The summed E-state index contributed by atoms with van der Waals surface area (Å²) in [5.41, 5.74) is 0.598. The molecule has 6 nitrogen and oxygen atoms in total. The number of carbonyl (C=O) groups is 1. The van der Waals surface area contributed by atoms with E-state index in [1.165, 1.54) is 37.8 Å². The number of carbonyl (C=O) groups excluding carboxylic acids is 1. The Bertz CT molecular complexity index is 1040. The van der Waals surface area contributed by atoms with Crippen LogP contribution in [0.4, 0.5) is 5.69 Å². The first-order valence-corrected chi connectivity index (χ1v) is 12.5. The lowest BCUT2D eigenvalue weighted by Crippen LogP contribution is -2.40. The maximum absolute atomic E-state index is 13.0. The van der Waals surface area contributed by atoms with Gasteiger partial charge in [0, 0.05) is 6.04 Å². The summed E-state index contributed by atoms with van der Waals surface area (Å²) in [5.74, 6) is 2.38. The van der Waals surface area contributed by atoms with E-state index in [1.54, 1.807) is 36.4 Å². The lowest BCUT2D eigenvalue weighted by Gasteiger charge is -2.28. The SMILES string of the molecule is CCOc1ccc(S(=O)(=O)Nc2ccccc2C(=O)N[C@H](C)[C@@H]2C[C@@H]3CC[C@@H]2C3)cc1. The molecular weight excluding hydrogens is 412 g/mol. The predicted molar refractivity (Wildman–Crippen MR) is 121 cm³/mol. The highest BCUT2D eigenvalue weighted by molar-refractivity contribution is 7.92. The Morgan fingerprint density at radius 3 is 2.48 bits per heavy atom. The van der Waals surface area contributed by atoms with Gasteiger partial charge in [0.1, 0.15) is 5.75 Å². The topological polar surface area (TPSA) is 84.5 Å². The highest BCUT2D eigenvalue weighted by atomic mass is 32.2. The standard InChI is InChI=1S/C24H30N2O4S/c1-3-30-19-10-12-20(13-11-19)31(28,29)26-23-7-5-4-6-21(23)24(27)25-16(2)22-15-17-8-9-18(22)14-17/h4-7,10-13,16-18,22,26H,3,8-9,14-15H2,1-2H3,(H,25,27)/t16-,17-,18-,22+/m1/s1. The Labute approximate surface area is 184 Å². The van der Waals surface area contributed by atoms with E-state index in [-0.39, 0.29) is 22.5 Å². The summed E-state index contributed by atoms with van der Waals surface area (Å²) in [6.45, 7) is 4.44. The van der Waals surface area contributed by atoms with E-state index in [1.807, 2.05) is 6.92 Å². The van der Waals surface area contributed by atoms with Gasteiger partial charge in [0.15, 0.2) is 0 Å². The lowest BCUT2D eigenvalue weighted by atomic mass is 9.84. The summed E-state index contributed by atoms with van der Waals surface area (Å²) >= 11 is 0. The number of ether oxygens (including phenoxy) is 1. The zero-order chi connectivity index (χ0) is 22.0. The van der Waals surface area contributed by atoms with Crippen LogP contribution in [0, 0.1) is 17.8 Å². The number of amides is 1. The predicted octanol–water partition coefficient (Wildman–Crippen LogP) is 4.44. The van der Waals surface area contributed by atoms with Crippen molar-refractivity contribution in [2.45, 2.75) is 50.5 Å². The van der Waals surface area contributed by atoms with Gasteiger partial charge < -0.3 is 10.1 Å². The summed E-state index contributed by atoms with van der Waals surface area (Å²) in [5, 5.41) is 3.12. The number of sulfonamides is 1. The third kappa shape index (κ3) is 4.71. The number of nitrogens with one attached hydrogen (secondary N) is 2. The normalized spacial score (nSPS) is 23.4. The fourth-order valence-corrected chi connectivity index (χ4v) is 6.23. The molecule has 0 aromatic heterocycles. The van der Waals surface area contributed by atoms with E-state index in [4.69, 9.17) is 4.74 Å². The van der Waals surface area contributed by atoms with Gasteiger partial charge in [0.25, 0.3) is 15.9 Å². The molecule has 1 amide bonds. The number of fused-ring (bicyclic) bond motifs is 2. The van der Waals surface area contributed by atoms with Crippen LogP contribution >= 0.6 is 0 Å². The fourth-order valence-electron chi connectivity index (χ4n) is 5.15. The van der Waals surface area contributed by atoms with Crippen LogP contribution in [-0.2, 0) is 10.0 Å². The zero-order valence-corrected chi connectivity index (χ0v) is 18.8. The summed E-state index contributed by atoms with van der Waals surface area (Å²) in [6, 6.07) is 13.0. The number of rotatable bonds is 8. The third-order valence-corrected chi connectivity index (χ3v) is 8.04. The highest BCUT2D eigenvalue weighted by Crippen LogP contribution is 2.49. The summed E-state index contributed by atoms with van der Waals surface area (Å²) in [6.07, 6.45) is 5.04. The van der Waals surface area contributed by atoms with Crippen LogP contribution in [-0.4, -0.2) is 27.0 Å². The van der Waals surface area contributed by atoms with E-state index in [0.29, 0.717) is 29.8 Å². The largest absolute Gasteiger partial charge is 0.494 e. The maximum Gasteiger partial charge on any atom is 0.261 e. The molecule has 2 aliphatic carbocycles. The number of para-hydroxylation sites is 1. The Balaban J connectivity index is 1.48. The van der Waals surface area contributed by atoms with Crippen molar-refractivity contribution in [3.8, 4) is 5.75 Å². The van der Waals surface area contributed by atoms with Gasteiger partial charge in [-0.3, -0.25) is 9.52 Å². The van der Waals surface area contributed by atoms with E-state index < -0.39 is 10.0 Å². The van der Waals surface area contributed by atoms with Crippen LogP contribution in [0.15, 0.2) is 53.4 Å². The molecule has 2 bridgehead atoms. The van der Waals surface area contributed by atoms with Crippen molar-refractivity contribution in [2.75, 3.05) is 11.3 Å². The van der Waals surface area contributed by atoms with Crippen LogP contribution in [0.25, 0.3) is 0 Å². The van der Waals surface area contributed by atoms with Gasteiger partial charge in [-0.1, -0.05) is 18.6 Å². The quantitative estimate of drug-likeness (QED) is 0.633. The molecule has 2 N–H and O–H groups in total. The third-order valence-electron chi connectivity index (χ3n) is 6.65. The second kappa shape index (κ2) is 8.91. The zero-order valence-electron chi connectivity index (χ0n) is 18.0. The molecule has 0 heterocycles. The molecule has 0 radical (unpaired) electrons. The van der Waals surface area contributed by atoms with Crippen molar-refractivity contribution in [1.29, 1.82) is 0 Å². The van der Waals surface area contributed by atoms with Crippen LogP contribution in [0.2, 0.25) is 0 Å². The second-order valence-electron chi connectivity index (χ2n) is 8.66. The lowest BCUT2D eigenvalue weighted by molar-refractivity contribution is 0.0916. The Hall–Kier alpha value is -2.54. The molecule has 2 saturated carbocycles. The molecule has 7 heteroatoms. The molecule has 4 rings (SSSR count). The average molecular weight is 443 g/mol. The molecule has 0 spiro atoms. The Morgan fingerprint density at radius 2 is 1.84 bits per heavy atom. The van der Waals surface area contributed by atoms with Gasteiger partial charge in [-0.15, -0.1) is 0 Å².